The first-order valence-electron chi connectivity index (χ1n) is 6.68. The molecule has 2 rings (SSSR count). The highest BCUT2D eigenvalue weighted by Crippen LogP contribution is 2.40. The first-order valence-corrected chi connectivity index (χ1v) is 7.90. The Kier molecular flexibility index (Phi) is 4.58. The number of carboxylic acid groups (broad SMARTS) is 1. The summed E-state index contributed by atoms with van der Waals surface area (Å²) in [5.41, 5.74) is 0. The molecule has 0 bridgehead atoms. The van der Waals surface area contributed by atoms with E-state index in [1.807, 2.05) is 18.7 Å². The quantitative estimate of drug-likeness (QED) is 0.838. The lowest BCUT2D eigenvalue weighted by Crippen LogP contribution is -2.36. The maximum Gasteiger partial charge on any atom is 0.371 e. The number of thioether (sulfide) groups is 1. The summed E-state index contributed by atoms with van der Waals surface area (Å²) >= 11 is 1.94. The lowest BCUT2D eigenvalue weighted by Gasteiger charge is -2.28. The van der Waals surface area contributed by atoms with Crippen molar-refractivity contribution in [1.82, 2.24) is 5.32 Å². The number of carboxylic acids is 1. The van der Waals surface area contributed by atoms with Crippen molar-refractivity contribution in [1.29, 1.82) is 0 Å². The lowest BCUT2D eigenvalue weighted by atomic mass is 10.1. The summed E-state index contributed by atoms with van der Waals surface area (Å²) in [4.78, 5) is 10.8. The molecule has 0 saturated heterocycles. The Labute approximate surface area is 117 Å². The summed E-state index contributed by atoms with van der Waals surface area (Å²) in [5.74, 6) is -0.328. The van der Waals surface area contributed by atoms with Crippen LogP contribution < -0.4 is 5.32 Å². The van der Waals surface area contributed by atoms with Crippen LogP contribution in [-0.4, -0.2) is 28.6 Å². The predicted octanol–water partition coefficient (Wildman–Crippen LogP) is 3.30. The van der Waals surface area contributed by atoms with Crippen LogP contribution in [0.1, 0.15) is 55.0 Å². The summed E-state index contributed by atoms with van der Waals surface area (Å²) in [6.45, 7) is 2.95. The molecule has 1 heterocycles. The monoisotopic (exact) mass is 283 g/mol. The van der Waals surface area contributed by atoms with Crippen LogP contribution in [0.4, 0.5) is 0 Å². The van der Waals surface area contributed by atoms with Gasteiger partial charge in [0, 0.05) is 11.3 Å². The molecule has 1 aromatic heterocycles. The smallest absolute Gasteiger partial charge is 0.371 e. The molecule has 1 aliphatic rings. The minimum Gasteiger partial charge on any atom is -0.475 e. The van der Waals surface area contributed by atoms with E-state index < -0.39 is 5.97 Å². The van der Waals surface area contributed by atoms with Gasteiger partial charge in [0.25, 0.3) is 0 Å². The lowest BCUT2D eigenvalue weighted by molar-refractivity contribution is 0.0659. The second kappa shape index (κ2) is 6.01. The molecule has 1 saturated carbocycles. The van der Waals surface area contributed by atoms with Crippen molar-refractivity contribution in [2.75, 3.05) is 12.8 Å². The highest BCUT2D eigenvalue weighted by Gasteiger charge is 2.33. The summed E-state index contributed by atoms with van der Waals surface area (Å²) in [7, 11) is 0. The van der Waals surface area contributed by atoms with E-state index in [-0.39, 0.29) is 11.8 Å². The van der Waals surface area contributed by atoms with Crippen molar-refractivity contribution in [3.63, 3.8) is 0 Å². The number of carbonyl (C=O) groups is 1. The average molecular weight is 283 g/mol. The Morgan fingerprint density at radius 1 is 1.53 bits per heavy atom. The molecular weight excluding hydrogens is 262 g/mol. The van der Waals surface area contributed by atoms with Gasteiger partial charge in [-0.3, -0.25) is 0 Å². The van der Waals surface area contributed by atoms with Crippen LogP contribution in [0.3, 0.4) is 0 Å². The molecule has 0 spiro atoms. The van der Waals surface area contributed by atoms with Crippen molar-refractivity contribution < 1.29 is 14.3 Å². The molecular formula is C14H21NO3S. The molecule has 106 valence electrons. The summed E-state index contributed by atoms with van der Waals surface area (Å²) in [5, 5.41) is 12.3. The van der Waals surface area contributed by atoms with Gasteiger partial charge < -0.3 is 14.8 Å². The minimum atomic E-state index is -1.02. The normalized spacial score (nSPS) is 19.5. The highest BCUT2D eigenvalue weighted by atomic mass is 32.2. The number of rotatable bonds is 6. The van der Waals surface area contributed by atoms with Crippen molar-refractivity contribution in [2.45, 2.75) is 43.4 Å². The van der Waals surface area contributed by atoms with Crippen LogP contribution in [0.15, 0.2) is 16.5 Å². The number of aromatic carboxylic acids is 1. The molecule has 5 heteroatoms. The van der Waals surface area contributed by atoms with Crippen LogP contribution in [0.25, 0.3) is 0 Å². The number of furan rings is 1. The first-order chi connectivity index (χ1) is 9.06. The standard InChI is InChI=1S/C14H21NO3S/c1-10(11-5-6-12(18-11)13(16)17)15-9-14(19-2)7-3-4-8-14/h5-6,10,15H,3-4,7-9H2,1-2H3,(H,16,17). The molecule has 1 aromatic rings. The molecule has 4 nitrogen and oxygen atoms in total. The van der Waals surface area contributed by atoms with Gasteiger partial charge in [0.1, 0.15) is 5.76 Å². The number of nitrogens with one attached hydrogen (secondary N) is 1. The van der Waals surface area contributed by atoms with Gasteiger partial charge in [0.05, 0.1) is 6.04 Å². The molecule has 1 unspecified atom stereocenters. The fraction of sp³-hybridized carbons (Fsp3) is 0.643. The molecule has 0 amide bonds. The largest absolute Gasteiger partial charge is 0.475 e. The van der Waals surface area contributed by atoms with Crippen LogP contribution in [0.5, 0.6) is 0 Å². The third kappa shape index (κ3) is 3.34. The Hall–Kier alpha value is -0.940. The Bertz CT molecular complexity index is 438. The molecule has 0 aliphatic heterocycles. The maximum atomic E-state index is 10.8. The third-order valence-electron chi connectivity index (χ3n) is 3.94. The molecule has 0 radical (unpaired) electrons. The Morgan fingerprint density at radius 3 is 2.74 bits per heavy atom. The number of hydrogen-bond acceptors (Lipinski definition) is 4. The van der Waals surface area contributed by atoms with Crippen molar-refractivity contribution in [3.05, 3.63) is 23.7 Å². The fourth-order valence-electron chi connectivity index (χ4n) is 2.61. The average Bonchev–Trinajstić information content (AvgIpc) is 3.06. The highest BCUT2D eigenvalue weighted by molar-refractivity contribution is 8.00. The third-order valence-corrected chi connectivity index (χ3v) is 5.36. The topological polar surface area (TPSA) is 62.5 Å². The second-order valence-corrected chi connectivity index (χ2v) is 6.48. The molecule has 0 aromatic carbocycles. The van der Waals surface area contributed by atoms with Gasteiger partial charge in [0.15, 0.2) is 0 Å². The van der Waals surface area contributed by atoms with Gasteiger partial charge >= 0.3 is 5.97 Å². The zero-order valence-electron chi connectivity index (χ0n) is 11.4. The van der Waals surface area contributed by atoms with Gasteiger partial charge in [-0.25, -0.2) is 4.79 Å². The van der Waals surface area contributed by atoms with E-state index in [4.69, 9.17) is 9.52 Å². The van der Waals surface area contributed by atoms with Crippen LogP contribution in [-0.2, 0) is 0 Å². The van der Waals surface area contributed by atoms with Crippen LogP contribution >= 0.6 is 11.8 Å². The van der Waals surface area contributed by atoms with Crippen LogP contribution in [0.2, 0.25) is 0 Å². The van der Waals surface area contributed by atoms with Crippen LogP contribution in [0, 0.1) is 0 Å². The van der Waals surface area contributed by atoms with E-state index in [0.717, 1.165) is 6.54 Å². The van der Waals surface area contributed by atoms with E-state index in [2.05, 4.69) is 11.6 Å². The van der Waals surface area contributed by atoms with Gasteiger partial charge in [-0.1, -0.05) is 12.8 Å². The molecule has 2 N–H and O–H groups in total. The maximum absolute atomic E-state index is 10.8. The van der Waals surface area contributed by atoms with E-state index in [9.17, 15) is 4.79 Å². The Balaban J connectivity index is 1.93. The minimum absolute atomic E-state index is 0.00379. The van der Waals surface area contributed by atoms with E-state index in [1.165, 1.54) is 31.7 Å². The molecule has 19 heavy (non-hydrogen) atoms. The molecule has 1 atom stereocenters. The van der Waals surface area contributed by atoms with Crippen molar-refractivity contribution >= 4 is 17.7 Å². The van der Waals surface area contributed by atoms with Gasteiger partial charge in [0.2, 0.25) is 5.76 Å². The molecule has 1 fully saturated rings. The summed E-state index contributed by atoms with van der Waals surface area (Å²) in [6, 6.07) is 3.29. The SMILES string of the molecule is CSC1(CNC(C)c2ccc(C(=O)O)o2)CCCC1. The van der Waals surface area contributed by atoms with E-state index >= 15 is 0 Å². The van der Waals surface area contributed by atoms with E-state index in [0.29, 0.717) is 10.5 Å². The van der Waals surface area contributed by atoms with Crippen molar-refractivity contribution in [3.8, 4) is 0 Å². The first kappa shape index (κ1) is 14.5. The van der Waals surface area contributed by atoms with Gasteiger partial charge in [-0.05, 0) is 38.2 Å². The Morgan fingerprint density at radius 2 is 2.21 bits per heavy atom. The second-order valence-electron chi connectivity index (χ2n) is 5.20. The van der Waals surface area contributed by atoms with Gasteiger partial charge in [-0.15, -0.1) is 0 Å². The van der Waals surface area contributed by atoms with E-state index in [1.54, 1.807) is 6.07 Å². The summed E-state index contributed by atoms with van der Waals surface area (Å²) in [6.07, 6.45) is 7.30. The fourth-order valence-corrected chi connectivity index (χ4v) is 3.54. The van der Waals surface area contributed by atoms with Gasteiger partial charge in [-0.2, -0.15) is 11.8 Å². The zero-order chi connectivity index (χ0) is 13.9. The molecule has 1 aliphatic carbocycles. The summed E-state index contributed by atoms with van der Waals surface area (Å²) < 4.78 is 5.66. The predicted molar refractivity (Wildman–Crippen MR) is 76.8 cm³/mol. The zero-order valence-corrected chi connectivity index (χ0v) is 12.3. The number of hydrogen-bond donors (Lipinski definition) is 2. The van der Waals surface area contributed by atoms with Crippen molar-refractivity contribution in [2.24, 2.45) is 0 Å².